The van der Waals surface area contributed by atoms with Gasteiger partial charge in [-0.25, -0.2) is 0 Å². The van der Waals surface area contributed by atoms with E-state index < -0.39 is 5.60 Å². The highest BCUT2D eigenvalue weighted by molar-refractivity contribution is 5.70. The van der Waals surface area contributed by atoms with E-state index in [2.05, 4.69) is 84.6 Å². The average molecular weight is 430 g/mol. The second kappa shape index (κ2) is 11.1. The zero-order chi connectivity index (χ0) is 23.0. The molecule has 0 N–H and O–H groups in total. The predicted molar refractivity (Wildman–Crippen MR) is 131 cm³/mol. The highest BCUT2D eigenvalue weighted by Crippen LogP contribution is 2.28. The van der Waals surface area contributed by atoms with Gasteiger partial charge in [-0.2, -0.15) is 0 Å². The van der Waals surface area contributed by atoms with Gasteiger partial charge in [-0.05, 0) is 50.8 Å². The minimum atomic E-state index is -0.496. The van der Waals surface area contributed by atoms with Crippen molar-refractivity contribution in [2.75, 3.05) is 0 Å². The first kappa shape index (κ1) is 23.7. The Bertz CT molecular complexity index is 949. The van der Waals surface area contributed by atoms with E-state index in [0.29, 0.717) is 6.42 Å². The summed E-state index contributed by atoms with van der Waals surface area (Å²) in [7, 11) is 0. The van der Waals surface area contributed by atoms with Crippen LogP contribution in [0.3, 0.4) is 0 Å². The van der Waals surface area contributed by atoms with Crippen molar-refractivity contribution in [2.24, 2.45) is 0 Å². The van der Waals surface area contributed by atoms with Crippen LogP contribution in [-0.2, 0) is 22.5 Å². The molecule has 3 rings (SSSR count). The number of rotatable bonds is 9. The third-order valence-electron chi connectivity index (χ3n) is 5.59. The second-order valence-electron chi connectivity index (χ2n) is 9.38. The molecule has 0 bridgehead atoms. The summed E-state index contributed by atoms with van der Waals surface area (Å²) in [6.07, 6.45) is 1.13. The van der Waals surface area contributed by atoms with Crippen LogP contribution in [0.15, 0.2) is 91.0 Å². The number of hydrogen-bond donors (Lipinski definition) is 0. The molecule has 0 saturated carbocycles. The highest BCUT2D eigenvalue weighted by atomic mass is 16.6. The molecule has 0 fully saturated rings. The predicted octanol–water partition coefficient (Wildman–Crippen LogP) is 6.59. The van der Waals surface area contributed by atoms with Crippen LogP contribution in [0.2, 0.25) is 0 Å². The molecule has 0 radical (unpaired) electrons. The number of carbonyl (C=O) groups excluding carboxylic acids is 1. The third-order valence-corrected chi connectivity index (χ3v) is 5.59. The Labute approximate surface area is 193 Å². The van der Waals surface area contributed by atoms with Gasteiger partial charge in [0.15, 0.2) is 0 Å². The van der Waals surface area contributed by atoms with E-state index in [1.807, 2.05) is 39.0 Å². The molecule has 0 unspecified atom stereocenters. The summed E-state index contributed by atoms with van der Waals surface area (Å²) in [4.78, 5) is 15.4. The van der Waals surface area contributed by atoms with Gasteiger partial charge in [-0.1, -0.05) is 91.0 Å². The lowest BCUT2D eigenvalue weighted by molar-refractivity contribution is -0.156. The lowest BCUT2D eigenvalue weighted by Gasteiger charge is -2.37. The molecular weight excluding hydrogens is 394 g/mol. The zero-order valence-electron chi connectivity index (χ0n) is 19.7. The molecular formula is C29H35NO2. The van der Waals surface area contributed by atoms with E-state index in [4.69, 9.17) is 4.74 Å². The standard InChI is InChI=1S/C29H35NO2/c1-23(26-18-12-7-13-19-26)30(22-25-16-10-6-11-17-25)27(20-24-14-8-5-9-15-24)21-28(31)32-29(2,3)4/h5-19,23,27H,20-22H2,1-4H3/t23-,27-/m1/s1. The number of esters is 1. The molecule has 0 aliphatic carbocycles. The van der Waals surface area contributed by atoms with Gasteiger partial charge >= 0.3 is 5.97 Å². The maximum atomic E-state index is 12.9. The molecule has 168 valence electrons. The summed E-state index contributed by atoms with van der Waals surface area (Å²) >= 11 is 0. The molecule has 0 saturated heterocycles. The van der Waals surface area contributed by atoms with Crippen molar-refractivity contribution in [1.29, 1.82) is 0 Å². The van der Waals surface area contributed by atoms with Crippen LogP contribution in [0.1, 0.15) is 56.8 Å². The maximum Gasteiger partial charge on any atom is 0.307 e. The van der Waals surface area contributed by atoms with Crippen LogP contribution >= 0.6 is 0 Å². The van der Waals surface area contributed by atoms with Gasteiger partial charge in [0.05, 0.1) is 6.42 Å². The Morgan fingerprint density at radius 2 is 1.31 bits per heavy atom. The summed E-state index contributed by atoms with van der Waals surface area (Å²) in [6.45, 7) is 8.75. The first-order chi connectivity index (χ1) is 15.3. The van der Waals surface area contributed by atoms with E-state index in [1.165, 1.54) is 16.7 Å². The SMILES string of the molecule is C[C@H](c1ccccc1)N(Cc1ccccc1)[C@@H](CC(=O)OC(C)(C)C)Cc1ccccc1. The molecule has 3 aromatic carbocycles. The van der Waals surface area contributed by atoms with Crippen molar-refractivity contribution in [3.05, 3.63) is 108 Å². The first-order valence-corrected chi connectivity index (χ1v) is 11.4. The van der Waals surface area contributed by atoms with Gasteiger partial charge < -0.3 is 4.74 Å². The molecule has 0 heterocycles. The number of hydrogen-bond acceptors (Lipinski definition) is 3. The minimum absolute atomic E-state index is 0.00247. The molecule has 0 aliphatic rings. The fourth-order valence-corrected chi connectivity index (χ4v) is 4.07. The van der Waals surface area contributed by atoms with Crippen molar-refractivity contribution in [2.45, 2.75) is 64.8 Å². The Kier molecular flexibility index (Phi) is 8.24. The fraction of sp³-hybridized carbons (Fsp3) is 0.345. The Balaban J connectivity index is 1.95. The molecule has 3 aromatic rings. The van der Waals surface area contributed by atoms with Crippen LogP contribution < -0.4 is 0 Å². The first-order valence-electron chi connectivity index (χ1n) is 11.4. The molecule has 32 heavy (non-hydrogen) atoms. The fourth-order valence-electron chi connectivity index (χ4n) is 4.07. The Hall–Kier alpha value is -2.91. The van der Waals surface area contributed by atoms with E-state index in [0.717, 1.165) is 13.0 Å². The summed E-state index contributed by atoms with van der Waals surface area (Å²) in [5.74, 6) is -0.156. The van der Waals surface area contributed by atoms with Gasteiger partial charge in [-0.3, -0.25) is 9.69 Å². The van der Waals surface area contributed by atoms with Gasteiger partial charge in [0.1, 0.15) is 5.60 Å². The second-order valence-corrected chi connectivity index (χ2v) is 9.38. The van der Waals surface area contributed by atoms with Gasteiger partial charge in [0, 0.05) is 18.6 Å². The molecule has 0 aliphatic heterocycles. The summed E-state index contributed by atoms with van der Waals surface area (Å²) < 4.78 is 5.73. The van der Waals surface area contributed by atoms with E-state index >= 15 is 0 Å². The maximum absolute atomic E-state index is 12.9. The minimum Gasteiger partial charge on any atom is -0.460 e. The topological polar surface area (TPSA) is 29.5 Å². The molecule has 0 spiro atoms. The summed E-state index contributed by atoms with van der Waals surface area (Å²) in [5, 5.41) is 0. The third kappa shape index (κ3) is 7.35. The largest absolute Gasteiger partial charge is 0.460 e. The van der Waals surface area contributed by atoms with Crippen LogP contribution in [0.4, 0.5) is 0 Å². The van der Waals surface area contributed by atoms with Crippen molar-refractivity contribution in [3.63, 3.8) is 0 Å². The van der Waals surface area contributed by atoms with Crippen molar-refractivity contribution >= 4 is 5.97 Å². The lowest BCUT2D eigenvalue weighted by atomic mass is 9.96. The molecule has 3 heteroatoms. The monoisotopic (exact) mass is 429 g/mol. The Morgan fingerprint density at radius 1 is 0.812 bits per heavy atom. The summed E-state index contributed by atoms with van der Waals surface area (Å²) in [5.41, 5.74) is 3.20. The van der Waals surface area contributed by atoms with Gasteiger partial charge in [0.25, 0.3) is 0 Å². The number of carbonyl (C=O) groups is 1. The van der Waals surface area contributed by atoms with E-state index in [1.54, 1.807) is 0 Å². The number of nitrogens with zero attached hydrogens (tertiary/aromatic N) is 1. The zero-order valence-corrected chi connectivity index (χ0v) is 19.7. The quantitative estimate of drug-likeness (QED) is 0.359. The van der Waals surface area contributed by atoms with Crippen molar-refractivity contribution in [3.8, 4) is 0 Å². The van der Waals surface area contributed by atoms with Crippen LogP contribution in [0.5, 0.6) is 0 Å². The van der Waals surface area contributed by atoms with Gasteiger partial charge in [-0.15, -0.1) is 0 Å². The number of benzene rings is 3. The van der Waals surface area contributed by atoms with Crippen molar-refractivity contribution in [1.82, 2.24) is 4.90 Å². The average Bonchev–Trinajstić information content (AvgIpc) is 2.77. The smallest absolute Gasteiger partial charge is 0.307 e. The normalized spacial score (nSPS) is 13.5. The van der Waals surface area contributed by atoms with Gasteiger partial charge in [0.2, 0.25) is 0 Å². The van der Waals surface area contributed by atoms with Crippen LogP contribution in [0.25, 0.3) is 0 Å². The molecule has 0 amide bonds. The van der Waals surface area contributed by atoms with Crippen molar-refractivity contribution < 1.29 is 9.53 Å². The molecule has 0 aromatic heterocycles. The summed E-state index contributed by atoms with van der Waals surface area (Å²) in [6, 6.07) is 31.6. The highest BCUT2D eigenvalue weighted by Gasteiger charge is 2.29. The van der Waals surface area contributed by atoms with E-state index in [9.17, 15) is 4.79 Å². The molecule has 2 atom stereocenters. The van der Waals surface area contributed by atoms with E-state index in [-0.39, 0.29) is 18.1 Å². The lowest BCUT2D eigenvalue weighted by Crippen LogP contribution is -2.41. The Morgan fingerprint density at radius 3 is 1.84 bits per heavy atom. The molecule has 3 nitrogen and oxygen atoms in total. The van der Waals surface area contributed by atoms with Crippen LogP contribution in [-0.4, -0.2) is 22.5 Å². The van der Waals surface area contributed by atoms with Crippen LogP contribution in [0, 0.1) is 0 Å². The number of ether oxygens (including phenoxy) is 1.